The fourth-order valence-corrected chi connectivity index (χ4v) is 2.36. The molecule has 15 heavy (non-hydrogen) atoms. The molecule has 0 saturated heterocycles. The van der Waals surface area contributed by atoms with Crippen molar-refractivity contribution >= 4 is 21.8 Å². The van der Waals surface area contributed by atoms with Gasteiger partial charge in [-0.15, -0.1) is 0 Å². The predicted molar refractivity (Wildman–Crippen MR) is 59.6 cm³/mol. The number of rotatable bonds is 0. The van der Waals surface area contributed by atoms with Crippen LogP contribution in [0.2, 0.25) is 0 Å². The first kappa shape index (κ1) is 10.6. The van der Waals surface area contributed by atoms with E-state index in [2.05, 4.69) is 21.2 Å². The summed E-state index contributed by atoms with van der Waals surface area (Å²) < 4.78 is 13.6. The van der Waals surface area contributed by atoms with Crippen molar-refractivity contribution in [2.45, 2.75) is 24.2 Å². The summed E-state index contributed by atoms with van der Waals surface area (Å²) in [5, 5.41) is 2.84. The van der Waals surface area contributed by atoms with Crippen molar-refractivity contribution in [3.63, 3.8) is 0 Å². The number of nitrogens with one attached hydrogen (secondary N) is 1. The summed E-state index contributed by atoms with van der Waals surface area (Å²) in [7, 11) is 0. The zero-order valence-corrected chi connectivity index (χ0v) is 10.1. The van der Waals surface area contributed by atoms with E-state index < -0.39 is 5.54 Å². The molecule has 2 rings (SSSR count). The first-order chi connectivity index (χ1) is 6.93. The van der Waals surface area contributed by atoms with Gasteiger partial charge in [-0.2, -0.15) is 0 Å². The summed E-state index contributed by atoms with van der Waals surface area (Å²) in [4.78, 5) is 11.5. The maximum atomic E-state index is 13.6. The van der Waals surface area contributed by atoms with Gasteiger partial charge in [0.1, 0.15) is 5.82 Å². The average Bonchev–Trinajstić information content (AvgIpc) is 2.14. The molecule has 1 aromatic carbocycles. The standard InChI is InChI=1S/C11H11BrFNO/c1-11(2)9(12)8-6(10(15)14-11)4-3-5-7(8)13/h3-5,9H,1-2H3,(H,14,15). The molecule has 0 spiro atoms. The molecule has 1 unspecified atom stereocenters. The second-order valence-corrected chi connectivity index (χ2v) is 5.16. The van der Waals surface area contributed by atoms with Gasteiger partial charge in [0.05, 0.1) is 10.4 Å². The number of alkyl halides is 1. The Bertz CT molecular complexity index is 431. The smallest absolute Gasteiger partial charge is 0.252 e. The normalized spacial score (nSPS) is 23.2. The molecule has 0 aromatic heterocycles. The lowest BCUT2D eigenvalue weighted by molar-refractivity contribution is 0.0894. The van der Waals surface area contributed by atoms with Crippen molar-refractivity contribution in [2.75, 3.05) is 0 Å². The van der Waals surface area contributed by atoms with Gasteiger partial charge in [0.2, 0.25) is 0 Å². The molecular formula is C11H11BrFNO. The highest BCUT2D eigenvalue weighted by Crippen LogP contribution is 2.40. The Morgan fingerprint density at radius 3 is 2.80 bits per heavy atom. The molecule has 0 saturated carbocycles. The van der Waals surface area contributed by atoms with E-state index in [1.54, 1.807) is 12.1 Å². The Hall–Kier alpha value is -0.900. The van der Waals surface area contributed by atoms with E-state index in [9.17, 15) is 9.18 Å². The number of carbonyl (C=O) groups is 1. The van der Waals surface area contributed by atoms with Gasteiger partial charge < -0.3 is 5.32 Å². The van der Waals surface area contributed by atoms with E-state index in [0.717, 1.165) is 0 Å². The summed E-state index contributed by atoms with van der Waals surface area (Å²) in [5.41, 5.74) is 0.383. The van der Waals surface area contributed by atoms with Gasteiger partial charge >= 0.3 is 0 Å². The minimum atomic E-state index is -0.480. The SMILES string of the molecule is CC1(C)NC(=O)c2cccc(F)c2C1Br. The van der Waals surface area contributed by atoms with Crippen molar-refractivity contribution in [2.24, 2.45) is 0 Å². The third-order valence-corrected chi connectivity index (χ3v) is 4.22. The van der Waals surface area contributed by atoms with Crippen LogP contribution in [0.5, 0.6) is 0 Å². The van der Waals surface area contributed by atoms with Crippen LogP contribution in [0, 0.1) is 5.82 Å². The Labute approximate surface area is 96.0 Å². The van der Waals surface area contributed by atoms with Gasteiger partial charge in [0.15, 0.2) is 0 Å². The Morgan fingerprint density at radius 2 is 2.13 bits per heavy atom. The van der Waals surface area contributed by atoms with Gasteiger partial charge in [-0.05, 0) is 26.0 Å². The van der Waals surface area contributed by atoms with Crippen molar-refractivity contribution in [3.05, 3.63) is 35.1 Å². The predicted octanol–water partition coefficient (Wildman–Crippen LogP) is 2.78. The summed E-state index contributed by atoms with van der Waals surface area (Å²) in [6.45, 7) is 3.72. The number of hydrogen-bond acceptors (Lipinski definition) is 1. The van der Waals surface area contributed by atoms with Crippen molar-refractivity contribution in [1.29, 1.82) is 0 Å². The third kappa shape index (κ3) is 1.57. The Balaban J connectivity index is 2.65. The molecule has 1 N–H and O–H groups in total. The van der Waals surface area contributed by atoms with Crippen LogP contribution >= 0.6 is 15.9 Å². The molecule has 80 valence electrons. The lowest BCUT2D eigenvalue weighted by Crippen LogP contribution is -2.50. The Kier molecular flexibility index (Phi) is 2.34. The van der Waals surface area contributed by atoms with Crippen LogP contribution in [-0.4, -0.2) is 11.4 Å². The molecule has 1 atom stereocenters. The number of benzene rings is 1. The number of fused-ring (bicyclic) bond motifs is 1. The van der Waals surface area contributed by atoms with E-state index in [-0.39, 0.29) is 16.6 Å². The first-order valence-electron chi connectivity index (χ1n) is 4.68. The lowest BCUT2D eigenvalue weighted by atomic mass is 9.87. The van der Waals surface area contributed by atoms with Crippen molar-refractivity contribution in [3.8, 4) is 0 Å². The van der Waals surface area contributed by atoms with Crippen LogP contribution in [0.1, 0.15) is 34.6 Å². The molecule has 0 radical (unpaired) electrons. The molecule has 1 aliphatic heterocycles. The van der Waals surface area contributed by atoms with E-state index in [4.69, 9.17) is 0 Å². The number of halogens is 2. The number of amides is 1. The highest BCUT2D eigenvalue weighted by molar-refractivity contribution is 9.09. The summed E-state index contributed by atoms with van der Waals surface area (Å²) in [6, 6.07) is 4.56. The van der Waals surface area contributed by atoms with Gasteiger partial charge in [0, 0.05) is 11.1 Å². The molecule has 2 nitrogen and oxygen atoms in total. The van der Waals surface area contributed by atoms with E-state index in [1.165, 1.54) is 6.07 Å². The molecule has 0 bridgehead atoms. The average molecular weight is 272 g/mol. The fraction of sp³-hybridized carbons (Fsp3) is 0.364. The van der Waals surface area contributed by atoms with Crippen molar-refractivity contribution < 1.29 is 9.18 Å². The number of hydrogen-bond donors (Lipinski definition) is 1. The summed E-state index contributed by atoms with van der Waals surface area (Å²) in [5.74, 6) is -0.553. The number of carbonyl (C=O) groups excluding carboxylic acids is 1. The minimum absolute atomic E-state index is 0.209. The van der Waals surface area contributed by atoms with Crippen LogP contribution in [0.4, 0.5) is 4.39 Å². The summed E-state index contributed by atoms with van der Waals surface area (Å²) >= 11 is 3.43. The van der Waals surface area contributed by atoms with Crippen LogP contribution < -0.4 is 5.32 Å². The lowest BCUT2D eigenvalue weighted by Gasteiger charge is -2.37. The molecule has 1 aliphatic rings. The fourth-order valence-electron chi connectivity index (χ4n) is 1.78. The monoisotopic (exact) mass is 271 g/mol. The van der Waals surface area contributed by atoms with E-state index >= 15 is 0 Å². The summed E-state index contributed by atoms with van der Waals surface area (Å²) in [6.07, 6.45) is 0. The first-order valence-corrected chi connectivity index (χ1v) is 5.60. The second kappa shape index (κ2) is 3.30. The Morgan fingerprint density at radius 1 is 1.47 bits per heavy atom. The molecule has 0 aliphatic carbocycles. The zero-order valence-electron chi connectivity index (χ0n) is 8.47. The quantitative estimate of drug-likeness (QED) is 0.723. The van der Waals surface area contributed by atoms with Gasteiger partial charge in [0.25, 0.3) is 5.91 Å². The highest BCUT2D eigenvalue weighted by atomic mass is 79.9. The van der Waals surface area contributed by atoms with Gasteiger partial charge in [-0.1, -0.05) is 22.0 Å². The molecular weight excluding hydrogens is 261 g/mol. The van der Waals surface area contributed by atoms with Crippen molar-refractivity contribution in [1.82, 2.24) is 5.32 Å². The zero-order chi connectivity index (χ0) is 11.2. The molecule has 1 amide bonds. The topological polar surface area (TPSA) is 29.1 Å². The third-order valence-electron chi connectivity index (χ3n) is 2.62. The maximum absolute atomic E-state index is 13.6. The maximum Gasteiger partial charge on any atom is 0.252 e. The molecule has 1 heterocycles. The second-order valence-electron chi connectivity index (χ2n) is 4.24. The van der Waals surface area contributed by atoms with E-state index in [1.807, 2.05) is 13.8 Å². The van der Waals surface area contributed by atoms with Gasteiger partial charge in [-0.25, -0.2) is 4.39 Å². The van der Waals surface area contributed by atoms with Crippen LogP contribution in [0.15, 0.2) is 18.2 Å². The molecule has 0 fully saturated rings. The highest BCUT2D eigenvalue weighted by Gasteiger charge is 2.39. The van der Waals surface area contributed by atoms with E-state index in [0.29, 0.717) is 11.1 Å². The van der Waals surface area contributed by atoms with Crippen LogP contribution in [0.3, 0.4) is 0 Å². The van der Waals surface area contributed by atoms with Gasteiger partial charge in [-0.3, -0.25) is 4.79 Å². The van der Waals surface area contributed by atoms with Crippen LogP contribution in [0.25, 0.3) is 0 Å². The minimum Gasteiger partial charge on any atom is -0.346 e. The largest absolute Gasteiger partial charge is 0.346 e. The van der Waals surface area contributed by atoms with Crippen LogP contribution in [-0.2, 0) is 0 Å². The molecule has 4 heteroatoms. The molecule has 1 aromatic rings.